The molecule has 0 aliphatic heterocycles. The zero-order chi connectivity index (χ0) is 11.7. The van der Waals surface area contributed by atoms with Crippen LogP contribution in [0.5, 0.6) is 0 Å². The Hall–Kier alpha value is -2.08. The lowest BCUT2D eigenvalue weighted by atomic mass is 10.0. The predicted octanol–water partition coefficient (Wildman–Crippen LogP) is 2.58. The zero-order valence-electron chi connectivity index (χ0n) is 9.65. The van der Waals surface area contributed by atoms with E-state index >= 15 is 0 Å². The second kappa shape index (κ2) is 3.82. The molecule has 0 saturated heterocycles. The summed E-state index contributed by atoms with van der Waals surface area (Å²) >= 11 is 0. The smallest absolute Gasteiger partial charge is 0.0991 e. The number of rotatable bonds is 1. The van der Waals surface area contributed by atoms with Crippen LogP contribution in [0.3, 0.4) is 0 Å². The predicted molar refractivity (Wildman–Crippen MR) is 62.8 cm³/mol. The number of nitriles is 1. The summed E-state index contributed by atoms with van der Waals surface area (Å²) in [6, 6.07) is 9.86. The Morgan fingerprint density at radius 1 is 1.25 bits per heavy atom. The second-order valence-corrected chi connectivity index (χ2v) is 3.94. The molecule has 3 heteroatoms. The second-order valence-electron chi connectivity index (χ2n) is 3.94. The molecular formula is C13H13N3. The molecule has 2 aromatic rings. The molecule has 0 spiro atoms. The summed E-state index contributed by atoms with van der Waals surface area (Å²) in [7, 11) is 1.93. The molecule has 0 unspecified atom stereocenters. The average molecular weight is 211 g/mol. The number of benzene rings is 1. The largest absolute Gasteiger partial charge is 0.272 e. The van der Waals surface area contributed by atoms with Crippen molar-refractivity contribution in [3.8, 4) is 17.3 Å². The molecule has 0 atom stereocenters. The number of aromatic nitrogens is 2. The number of hydrogen-bond donors (Lipinski definition) is 0. The fraction of sp³-hybridized carbons (Fsp3) is 0.231. The molecular weight excluding hydrogens is 198 g/mol. The van der Waals surface area contributed by atoms with E-state index in [2.05, 4.69) is 11.2 Å². The van der Waals surface area contributed by atoms with Crippen molar-refractivity contribution >= 4 is 0 Å². The van der Waals surface area contributed by atoms with Crippen LogP contribution >= 0.6 is 0 Å². The summed E-state index contributed by atoms with van der Waals surface area (Å²) in [5, 5.41) is 13.2. The first-order chi connectivity index (χ1) is 7.61. The molecule has 1 aromatic carbocycles. The van der Waals surface area contributed by atoms with Crippen LogP contribution in [0.15, 0.2) is 24.3 Å². The SMILES string of the molecule is Cc1cc(C#N)ccc1-c1cc(C)n(C)n1. The minimum absolute atomic E-state index is 0.689. The van der Waals surface area contributed by atoms with Gasteiger partial charge in [-0.25, -0.2) is 0 Å². The van der Waals surface area contributed by atoms with Gasteiger partial charge in [-0.3, -0.25) is 4.68 Å². The van der Waals surface area contributed by atoms with Gasteiger partial charge in [0.25, 0.3) is 0 Å². The van der Waals surface area contributed by atoms with E-state index in [0.717, 1.165) is 22.5 Å². The molecule has 16 heavy (non-hydrogen) atoms. The van der Waals surface area contributed by atoms with Crippen LogP contribution in [0.25, 0.3) is 11.3 Å². The zero-order valence-corrected chi connectivity index (χ0v) is 9.65. The third-order valence-electron chi connectivity index (χ3n) is 2.75. The molecule has 3 nitrogen and oxygen atoms in total. The lowest BCUT2D eigenvalue weighted by Crippen LogP contribution is -1.93. The Labute approximate surface area is 94.9 Å². The van der Waals surface area contributed by atoms with Crippen LogP contribution in [-0.2, 0) is 7.05 Å². The summed E-state index contributed by atoms with van der Waals surface area (Å²) in [5.41, 5.74) is 4.94. The van der Waals surface area contributed by atoms with E-state index in [1.165, 1.54) is 0 Å². The molecule has 1 heterocycles. The van der Waals surface area contributed by atoms with Crippen LogP contribution in [-0.4, -0.2) is 9.78 Å². The third kappa shape index (κ3) is 1.70. The summed E-state index contributed by atoms with van der Waals surface area (Å²) in [5.74, 6) is 0. The average Bonchev–Trinajstić information content (AvgIpc) is 2.58. The number of hydrogen-bond acceptors (Lipinski definition) is 2. The maximum Gasteiger partial charge on any atom is 0.0991 e. The first-order valence-electron chi connectivity index (χ1n) is 5.13. The first kappa shape index (κ1) is 10.4. The maximum absolute atomic E-state index is 8.80. The highest BCUT2D eigenvalue weighted by Gasteiger charge is 2.07. The van der Waals surface area contributed by atoms with Gasteiger partial charge < -0.3 is 0 Å². The standard InChI is InChI=1S/C13H13N3/c1-9-6-11(8-14)4-5-12(9)13-7-10(2)16(3)15-13/h4-7H,1-3H3. The van der Waals surface area contributed by atoms with Gasteiger partial charge in [-0.2, -0.15) is 10.4 Å². The Kier molecular flexibility index (Phi) is 2.49. The van der Waals surface area contributed by atoms with Crippen LogP contribution in [0.2, 0.25) is 0 Å². The van der Waals surface area contributed by atoms with Crippen molar-refractivity contribution in [1.29, 1.82) is 5.26 Å². The third-order valence-corrected chi connectivity index (χ3v) is 2.75. The maximum atomic E-state index is 8.80. The minimum Gasteiger partial charge on any atom is -0.272 e. The van der Waals surface area contributed by atoms with Gasteiger partial charge in [-0.05, 0) is 37.6 Å². The van der Waals surface area contributed by atoms with Crippen LogP contribution in [0, 0.1) is 25.2 Å². The Balaban J connectivity index is 2.53. The summed E-state index contributed by atoms with van der Waals surface area (Å²) < 4.78 is 1.85. The highest BCUT2D eigenvalue weighted by Crippen LogP contribution is 2.23. The number of aryl methyl sites for hydroxylation is 3. The minimum atomic E-state index is 0.689. The molecule has 0 N–H and O–H groups in total. The molecule has 0 amide bonds. The first-order valence-corrected chi connectivity index (χ1v) is 5.13. The Morgan fingerprint density at radius 3 is 2.50 bits per heavy atom. The monoisotopic (exact) mass is 211 g/mol. The van der Waals surface area contributed by atoms with Gasteiger partial charge in [0.15, 0.2) is 0 Å². The van der Waals surface area contributed by atoms with Gasteiger partial charge in [0.05, 0.1) is 17.3 Å². The fourth-order valence-corrected chi connectivity index (χ4v) is 1.71. The van der Waals surface area contributed by atoms with E-state index in [1.807, 2.05) is 49.8 Å². The molecule has 1 aromatic heterocycles. The van der Waals surface area contributed by atoms with Crippen LogP contribution < -0.4 is 0 Å². The normalized spacial score (nSPS) is 10.1. The van der Waals surface area contributed by atoms with E-state index in [9.17, 15) is 0 Å². The van der Waals surface area contributed by atoms with Gasteiger partial charge in [0, 0.05) is 18.3 Å². The van der Waals surface area contributed by atoms with Crippen molar-refractivity contribution in [1.82, 2.24) is 9.78 Å². The number of nitrogens with zero attached hydrogens (tertiary/aromatic N) is 3. The van der Waals surface area contributed by atoms with Crippen molar-refractivity contribution in [3.63, 3.8) is 0 Å². The van der Waals surface area contributed by atoms with Gasteiger partial charge in [-0.15, -0.1) is 0 Å². The topological polar surface area (TPSA) is 41.6 Å². The molecule has 0 aliphatic rings. The summed E-state index contributed by atoms with van der Waals surface area (Å²) in [6.07, 6.45) is 0. The van der Waals surface area contributed by atoms with Gasteiger partial charge in [0.1, 0.15) is 0 Å². The molecule has 2 rings (SSSR count). The van der Waals surface area contributed by atoms with Gasteiger partial charge >= 0.3 is 0 Å². The van der Waals surface area contributed by atoms with E-state index in [4.69, 9.17) is 5.26 Å². The van der Waals surface area contributed by atoms with E-state index in [0.29, 0.717) is 5.56 Å². The Morgan fingerprint density at radius 2 is 2.00 bits per heavy atom. The molecule has 0 fully saturated rings. The lowest BCUT2D eigenvalue weighted by molar-refractivity contribution is 0.742. The van der Waals surface area contributed by atoms with E-state index in [1.54, 1.807) is 0 Å². The lowest BCUT2D eigenvalue weighted by Gasteiger charge is -2.02. The molecule has 0 radical (unpaired) electrons. The highest BCUT2D eigenvalue weighted by molar-refractivity contribution is 5.65. The molecule has 0 saturated carbocycles. The quantitative estimate of drug-likeness (QED) is 0.727. The highest BCUT2D eigenvalue weighted by atomic mass is 15.3. The van der Waals surface area contributed by atoms with Crippen LogP contribution in [0.1, 0.15) is 16.8 Å². The summed E-state index contributed by atoms with van der Waals surface area (Å²) in [6.45, 7) is 4.02. The fourth-order valence-electron chi connectivity index (χ4n) is 1.71. The van der Waals surface area contributed by atoms with Crippen molar-refractivity contribution in [2.45, 2.75) is 13.8 Å². The summed E-state index contributed by atoms with van der Waals surface area (Å²) in [4.78, 5) is 0. The molecule has 80 valence electrons. The van der Waals surface area contributed by atoms with E-state index in [-0.39, 0.29) is 0 Å². The van der Waals surface area contributed by atoms with E-state index < -0.39 is 0 Å². The molecule has 0 aliphatic carbocycles. The van der Waals surface area contributed by atoms with Gasteiger partial charge in [0.2, 0.25) is 0 Å². The van der Waals surface area contributed by atoms with Crippen molar-refractivity contribution in [3.05, 3.63) is 41.1 Å². The Bertz CT molecular complexity index is 554. The van der Waals surface area contributed by atoms with Gasteiger partial charge in [-0.1, -0.05) is 6.07 Å². The molecule has 0 bridgehead atoms. The van der Waals surface area contributed by atoms with Crippen molar-refractivity contribution < 1.29 is 0 Å². The van der Waals surface area contributed by atoms with Crippen LogP contribution in [0.4, 0.5) is 0 Å². The van der Waals surface area contributed by atoms with Crippen molar-refractivity contribution in [2.75, 3.05) is 0 Å². The van der Waals surface area contributed by atoms with Crippen molar-refractivity contribution in [2.24, 2.45) is 7.05 Å².